The van der Waals surface area contributed by atoms with Crippen LogP contribution in [0.25, 0.3) is 0 Å². The van der Waals surface area contributed by atoms with E-state index in [1.54, 1.807) is 0 Å². The Morgan fingerprint density at radius 2 is 1.56 bits per heavy atom. The average Bonchev–Trinajstić information content (AvgIpc) is 2.25. The van der Waals surface area contributed by atoms with Crippen molar-refractivity contribution < 1.29 is 0 Å². The third-order valence-corrected chi connectivity index (χ3v) is 3.76. The van der Waals surface area contributed by atoms with E-state index >= 15 is 0 Å². The SMILES string of the molecule is CCN(C(C)CN(C)C)C(C)C(C)CNC(C)C. The predicted molar refractivity (Wildman–Crippen MR) is 82.2 cm³/mol. The topological polar surface area (TPSA) is 18.5 Å². The molecule has 0 heterocycles. The molecule has 0 amide bonds. The molecule has 3 atom stereocenters. The van der Waals surface area contributed by atoms with E-state index in [-0.39, 0.29) is 0 Å². The van der Waals surface area contributed by atoms with Crippen LogP contribution in [0.5, 0.6) is 0 Å². The maximum Gasteiger partial charge on any atom is 0.0197 e. The number of likely N-dealkylation sites (N-methyl/N-ethyl adjacent to an activating group) is 2. The van der Waals surface area contributed by atoms with Crippen LogP contribution in [0.1, 0.15) is 41.5 Å². The van der Waals surface area contributed by atoms with Gasteiger partial charge >= 0.3 is 0 Å². The van der Waals surface area contributed by atoms with E-state index in [2.05, 4.69) is 70.8 Å². The summed E-state index contributed by atoms with van der Waals surface area (Å²) in [6.07, 6.45) is 0. The minimum absolute atomic E-state index is 0.578. The molecule has 0 bridgehead atoms. The first-order chi connectivity index (χ1) is 8.29. The Balaban J connectivity index is 4.35. The number of rotatable bonds is 9. The van der Waals surface area contributed by atoms with Gasteiger partial charge in [0.1, 0.15) is 0 Å². The number of hydrogen-bond donors (Lipinski definition) is 1. The van der Waals surface area contributed by atoms with E-state index in [0.717, 1.165) is 19.6 Å². The van der Waals surface area contributed by atoms with Crippen molar-refractivity contribution in [3.05, 3.63) is 0 Å². The molecular weight excluding hydrogens is 222 g/mol. The highest BCUT2D eigenvalue weighted by Gasteiger charge is 2.23. The summed E-state index contributed by atoms with van der Waals surface area (Å²) in [6.45, 7) is 17.1. The molecule has 0 radical (unpaired) electrons. The molecular formula is C15H35N3. The zero-order chi connectivity index (χ0) is 14.3. The van der Waals surface area contributed by atoms with Crippen molar-refractivity contribution in [2.75, 3.05) is 33.7 Å². The third kappa shape index (κ3) is 6.72. The smallest absolute Gasteiger partial charge is 0.0197 e. The quantitative estimate of drug-likeness (QED) is 0.684. The molecule has 0 aliphatic carbocycles. The lowest BCUT2D eigenvalue weighted by Gasteiger charge is -2.38. The van der Waals surface area contributed by atoms with Gasteiger partial charge in [-0.25, -0.2) is 0 Å². The molecule has 0 aromatic heterocycles. The van der Waals surface area contributed by atoms with Gasteiger partial charge in [0.25, 0.3) is 0 Å². The Morgan fingerprint density at radius 3 is 1.94 bits per heavy atom. The van der Waals surface area contributed by atoms with E-state index < -0.39 is 0 Å². The molecule has 0 fully saturated rings. The van der Waals surface area contributed by atoms with Crippen LogP contribution < -0.4 is 5.32 Å². The molecule has 0 saturated heterocycles. The van der Waals surface area contributed by atoms with Gasteiger partial charge in [0.15, 0.2) is 0 Å². The molecule has 0 aromatic rings. The maximum absolute atomic E-state index is 3.55. The number of nitrogens with zero attached hydrogens (tertiary/aromatic N) is 2. The van der Waals surface area contributed by atoms with Crippen LogP contribution in [0.4, 0.5) is 0 Å². The molecule has 0 spiro atoms. The largest absolute Gasteiger partial charge is 0.314 e. The first kappa shape index (κ1) is 17.9. The van der Waals surface area contributed by atoms with Gasteiger partial charge in [0.05, 0.1) is 0 Å². The van der Waals surface area contributed by atoms with Crippen LogP contribution >= 0.6 is 0 Å². The van der Waals surface area contributed by atoms with Crippen molar-refractivity contribution in [2.24, 2.45) is 5.92 Å². The summed E-state index contributed by atoms with van der Waals surface area (Å²) < 4.78 is 0. The molecule has 3 nitrogen and oxygen atoms in total. The second-order valence-corrected chi connectivity index (χ2v) is 6.22. The van der Waals surface area contributed by atoms with Gasteiger partial charge in [-0.2, -0.15) is 0 Å². The van der Waals surface area contributed by atoms with Crippen molar-refractivity contribution >= 4 is 0 Å². The number of nitrogens with one attached hydrogen (secondary N) is 1. The zero-order valence-corrected chi connectivity index (χ0v) is 13.8. The van der Waals surface area contributed by atoms with Crippen LogP contribution in [0, 0.1) is 5.92 Å². The lowest BCUT2D eigenvalue weighted by atomic mass is 10.00. The van der Waals surface area contributed by atoms with Crippen LogP contribution in [-0.4, -0.2) is 61.7 Å². The molecule has 0 aliphatic rings. The van der Waals surface area contributed by atoms with E-state index in [4.69, 9.17) is 0 Å². The van der Waals surface area contributed by atoms with Gasteiger partial charge in [-0.15, -0.1) is 0 Å². The first-order valence-electron chi connectivity index (χ1n) is 7.43. The minimum atomic E-state index is 0.578. The van der Waals surface area contributed by atoms with Gasteiger partial charge in [0.2, 0.25) is 0 Å². The summed E-state index contributed by atoms with van der Waals surface area (Å²) in [5.74, 6) is 0.678. The maximum atomic E-state index is 3.55. The first-order valence-corrected chi connectivity index (χ1v) is 7.43. The second kappa shape index (κ2) is 8.89. The van der Waals surface area contributed by atoms with Crippen LogP contribution in [-0.2, 0) is 0 Å². The van der Waals surface area contributed by atoms with Crippen molar-refractivity contribution in [1.29, 1.82) is 0 Å². The molecule has 18 heavy (non-hydrogen) atoms. The molecule has 1 N–H and O–H groups in total. The standard InChI is InChI=1S/C15H35N3/c1-9-18(14(5)11-17(7)8)15(6)13(4)10-16-12(2)3/h12-16H,9-11H2,1-8H3. The molecule has 0 aromatic carbocycles. The Hall–Kier alpha value is -0.120. The van der Waals surface area contributed by atoms with Crippen molar-refractivity contribution in [1.82, 2.24) is 15.1 Å². The van der Waals surface area contributed by atoms with Gasteiger partial charge in [-0.05, 0) is 47.0 Å². The van der Waals surface area contributed by atoms with E-state index in [1.807, 2.05) is 0 Å². The lowest BCUT2D eigenvalue weighted by Crippen LogP contribution is -2.49. The monoisotopic (exact) mass is 257 g/mol. The van der Waals surface area contributed by atoms with Crippen LogP contribution in [0.3, 0.4) is 0 Å². The van der Waals surface area contributed by atoms with Gasteiger partial charge < -0.3 is 10.2 Å². The van der Waals surface area contributed by atoms with Crippen LogP contribution in [0.15, 0.2) is 0 Å². The summed E-state index contributed by atoms with van der Waals surface area (Å²) in [5, 5.41) is 3.55. The highest BCUT2D eigenvalue weighted by Crippen LogP contribution is 2.14. The fourth-order valence-electron chi connectivity index (χ4n) is 2.55. The second-order valence-electron chi connectivity index (χ2n) is 6.22. The highest BCUT2D eigenvalue weighted by atomic mass is 15.2. The Labute approximate surface area is 115 Å². The average molecular weight is 257 g/mol. The minimum Gasteiger partial charge on any atom is -0.314 e. The highest BCUT2D eigenvalue weighted by molar-refractivity contribution is 4.79. The number of hydrogen-bond acceptors (Lipinski definition) is 3. The van der Waals surface area contributed by atoms with Crippen molar-refractivity contribution in [3.63, 3.8) is 0 Å². The Morgan fingerprint density at radius 1 is 1.00 bits per heavy atom. The molecule has 0 saturated carbocycles. The molecule has 0 aliphatic heterocycles. The summed E-state index contributed by atoms with van der Waals surface area (Å²) in [7, 11) is 4.30. The molecule has 3 unspecified atom stereocenters. The predicted octanol–water partition coefficient (Wildman–Crippen LogP) is 2.28. The zero-order valence-electron chi connectivity index (χ0n) is 13.8. The lowest BCUT2D eigenvalue weighted by molar-refractivity contribution is 0.103. The Kier molecular flexibility index (Phi) is 8.83. The summed E-state index contributed by atoms with van der Waals surface area (Å²) in [5.41, 5.74) is 0. The van der Waals surface area contributed by atoms with Gasteiger partial charge in [-0.3, -0.25) is 4.90 Å². The molecule has 3 heteroatoms. The normalized spacial score (nSPS) is 17.5. The fraction of sp³-hybridized carbons (Fsp3) is 1.00. The molecule has 110 valence electrons. The summed E-state index contributed by atoms with van der Waals surface area (Å²) in [6, 6.07) is 1.81. The van der Waals surface area contributed by atoms with Crippen molar-refractivity contribution in [2.45, 2.75) is 59.7 Å². The fourth-order valence-corrected chi connectivity index (χ4v) is 2.55. The van der Waals surface area contributed by atoms with Gasteiger partial charge in [0, 0.05) is 24.7 Å². The van der Waals surface area contributed by atoms with E-state index in [0.29, 0.717) is 24.0 Å². The Bertz CT molecular complexity index is 204. The molecule has 0 rings (SSSR count). The summed E-state index contributed by atoms with van der Waals surface area (Å²) >= 11 is 0. The van der Waals surface area contributed by atoms with Crippen LogP contribution in [0.2, 0.25) is 0 Å². The summed E-state index contributed by atoms with van der Waals surface area (Å²) in [4.78, 5) is 4.89. The van der Waals surface area contributed by atoms with Crippen molar-refractivity contribution in [3.8, 4) is 0 Å². The van der Waals surface area contributed by atoms with E-state index in [9.17, 15) is 0 Å². The third-order valence-electron chi connectivity index (χ3n) is 3.76. The van der Waals surface area contributed by atoms with Gasteiger partial charge in [-0.1, -0.05) is 27.7 Å². The van der Waals surface area contributed by atoms with E-state index in [1.165, 1.54) is 0 Å².